The zero-order valence-electron chi connectivity index (χ0n) is 13.6. The summed E-state index contributed by atoms with van der Waals surface area (Å²) in [5.74, 6) is 0. The summed E-state index contributed by atoms with van der Waals surface area (Å²) in [6.07, 6.45) is 2.82. The Hall–Kier alpha value is -0.900. The van der Waals surface area contributed by atoms with Gasteiger partial charge in [0.15, 0.2) is 0 Å². The fourth-order valence-corrected chi connectivity index (χ4v) is 3.61. The van der Waals surface area contributed by atoms with Crippen LogP contribution in [-0.2, 0) is 10.3 Å². The van der Waals surface area contributed by atoms with Crippen molar-refractivity contribution in [1.82, 2.24) is 10.2 Å². The van der Waals surface area contributed by atoms with E-state index < -0.39 is 0 Å². The van der Waals surface area contributed by atoms with E-state index in [9.17, 15) is 0 Å². The van der Waals surface area contributed by atoms with Crippen molar-refractivity contribution in [2.45, 2.75) is 50.8 Å². The lowest BCUT2D eigenvalue weighted by Crippen LogP contribution is -2.66. The fraction of sp³-hybridized carbons (Fsp3) is 0.667. The first-order chi connectivity index (χ1) is 10.00. The molecule has 0 spiro atoms. The molecule has 2 aliphatic heterocycles. The van der Waals surface area contributed by atoms with Crippen molar-refractivity contribution < 1.29 is 4.74 Å². The third-order valence-electron chi connectivity index (χ3n) is 5.04. The smallest absolute Gasteiger partial charge is 0.0703 e. The van der Waals surface area contributed by atoms with Crippen molar-refractivity contribution in [3.05, 3.63) is 35.9 Å². The maximum absolute atomic E-state index is 5.89. The summed E-state index contributed by atoms with van der Waals surface area (Å²) in [5, 5.41) is 3.72. The lowest BCUT2D eigenvalue weighted by atomic mass is 9.84. The van der Waals surface area contributed by atoms with Crippen LogP contribution >= 0.6 is 0 Å². The molecule has 2 heterocycles. The zero-order valence-corrected chi connectivity index (χ0v) is 13.6. The Morgan fingerprint density at radius 3 is 2.67 bits per heavy atom. The number of rotatable bonds is 3. The van der Waals surface area contributed by atoms with E-state index in [4.69, 9.17) is 4.74 Å². The van der Waals surface area contributed by atoms with Crippen LogP contribution in [0.15, 0.2) is 30.3 Å². The van der Waals surface area contributed by atoms with Crippen LogP contribution in [0, 0.1) is 0 Å². The molecule has 0 saturated carbocycles. The van der Waals surface area contributed by atoms with Crippen molar-refractivity contribution in [1.29, 1.82) is 0 Å². The number of hydrogen-bond donors (Lipinski definition) is 1. The molecule has 2 fully saturated rings. The molecule has 3 rings (SSSR count). The summed E-state index contributed by atoms with van der Waals surface area (Å²) in [6, 6.07) is 10.9. The van der Waals surface area contributed by atoms with Gasteiger partial charge in [0.25, 0.3) is 0 Å². The molecule has 0 amide bonds. The van der Waals surface area contributed by atoms with E-state index >= 15 is 0 Å². The lowest BCUT2D eigenvalue weighted by molar-refractivity contribution is -0.0177. The topological polar surface area (TPSA) is 24.5 Å². The Bertz CT molecular complexity index is 467. The van der Waals surface area contributed by atoms with E-state index in [-0.39, 0.29) is 11.1 Å². The fourth-order valence-electron chi connectivity index (χ4n) is 3.61. The average molecular weight is 288 g/mol. The Balaban J connectivity index is 1.85. The summed E-state index contributed by atoms with van der Waals surface area (Å²) in [7, 11) is 0. The van der Waals surface area contributed by atoms with Gasteiger partial charge in [0.2, 0.25) is 0 Å². The van der Waals surface area contributed by atoms with Crippen molar-refractivity contribution in [2.75, 3.05) is 26.2 Å². The van der Waals surface area contributed by atoms with Gasteiger partial charge in [-0.2, -0.15) is 0 Å². The van der Waals surface area contributed by atoms with Gasteiger partial charge in [0.05, 0.1) is 11.6 Å². The van der Waals surface area contributed by atoms with Gasteiger partial charge in [0, 0.05) is 31.8 Å². The van der Waals surface area contributed by atoms with Gasteiger partial charge in [-0.3, -0.25) is 4.90 Å². The molecule has 0 aromatic heterocycles. The van der Waals surface area contributed by atoms with Gasteiger partial charge < -0.3 is 10.1 Å². The van der Waals surface area contributed by atoms with Crippen molar-refractivity contribution in [3.63, 3.8) is 0 Å². The minimum atomic E-state index is 0.0444. The molecule has 3 nitrogen and oxygen atoms in total. The number of ether oxygens (including phenoxy) is 1. The van der Waals surface area contributed by atoms with Gasteiger partial charge in [-0.1, -0.05) is 30.3 Å². The highest BCUT2D eigenvalue weighted by Crippen LogP contribution is 2.34. The normalized spacial score (nSPS) is 33.2. The molecule has 0 aliphatic carbocycles. The van der Waals surface area contributed by atoms with Crippen LogP contribution < -0.4 is 5.32 Å². The second-order valence-corrected chi connectivity index (χ2v) is 7.39. The minimum Gasteiger partial charge on any atom is -0.377 e. The van der Waals surface area contributed by atoms with E-state index in [1.807, 2.05) is 0 Å². The standard InChI is InChI=1S/C18H28N2O/c1-17(2)14-20(12-16-10-7-11-21-16)18(3,13-19-17)15-8-5-4-6-9-15/h4-6,8-9,16,19H,7,10-14H2,1-3H3. The predicted molar refractivity (Wildman–Crippen MR) is 86.4 cm³/mol. The lowest BCUT2D eigenvalue weighted by Gasteiger charge is -2.52. The van der Waals surface area contributed by atoms with Crippen LogP contribution in [0.4, 0.5) is 0 Å². The van der Waals surface area contributed by atoms with E-state index in [1.54, 1.807) is 0 Å². The predicted octanol–water partition coefficient (Wildman–Crippen LogP) is 2.76. The van der Waals surface area contributed by atoms with Gasteiger partial charge in [-0.15, -0.1) is 0 Å². The van der Waals surface area contributed by atoms with Gasteiger partial charge in [0.1, 0.15) is 0 Å². The zero-order chi connectivity index (χ0) is 14.9. The quantitative estimate of drug-likeness (QED) is 0.925. The number of benzene rings is 1. The first-order valence-corrected chi connectivity index (χ1v) is 8.17. The Morgan fingerprint density at radius 2 is 2.00 bits per heavy atom. The van der Waals surface area contributed by atoms with Crippen LogP contribution in [0.5, 0.6) is 0 Å². The largest absolute Gasteiger partial charge is 0.377 e. The molecular weight excluding hydrogens is 260 g/mol. The molecule has 21 heavy (non-hydrogen) atoms. The molecule has 3 heteroatoms. The number of nitrogens with zero attached hydrogens (tertiary/aromatic N) is 1. The highest BCUT2D eigenvalue weighted by molar-refractivity contribution is 5.26. The maximum Gasteiger partial charge on any atom is 0.0703 e. The van der Waals surface area contributed by atoms with E-state index in [0.717, 1.165) is 26.2 Å². The highest BCUT2D eigenvalue weighted by Gasteiger charge is 2.42. The summed E-state index contributed by atoms with van der Waals surface area (Å²) in [5.41, 5.74) is 1.60. The molecule has 2 atom stereocenters. The van der Waals surface area contributed by atoms with Crippen LogP contribution in [-0.4, -0.2) is 42.8 Å². The molecule has 2 unspecified atom stereocenters. The molecule has 1 N–H and O–H groups in total. The van der Waals surface area contributed by atoms with Crippen LogP contribution in [0.3, 0.4) is 0 Å². The number of nitrogens with one attached hydrogen (secondary N) is 1. The van der Waals surface area contributed by atoms with Crippen LogP contribution in [0.1, 0.15) is 39.2 Å². The molecule has 0 radical (unpaired) electrons. The molecule has 1 aromatic carbocycles. The third-order valence-corrected chi connectivity index (χ3v) is 5.04. The maximum atomic E-state index is 5.89. The molecule has 0 bridgehead atoms. The third kappa shape index (κ3) is 3.15. The van der Waals surface area contributed by atoms with E-state index in [1.165, 1.54) is 18.4 Å². The second kappa shape index (κ2) is 5.71. The molecule has 116 valence electrons. The Labute approximate surface area is 128 Å². The molecular formula is C18H28N2O. The summed E-state index contributed by atoms with van der Waals surface area (Å²) in [6.45, 7) is 11.0. The van der Waals surface area contributed by atoms with Gasteiger partial charge >= 0.3 is 0 Å². The Morgan fingerprint density at radius 1 is 1.24 bits per heavy atom. The summed E-state index contributed by atoms with van der Waals surface area (Å²) in [4.78, 5) is 2.63. The SMILES string of the molecule is CC1(C)CN(CC2CCCO2)C(C)(c2ccccc2)CN1. The Kier molecular flexibility index (Phi) is 4.08. The second-order valence-electron chi connectivity index (χ2n) is 7.39. The monoisotopic (exact) mass is 288 g/mol. The van der Waals surface area contributed by atoms with Gasteiger partial charge in [-0.25, -0.2) is 0 Å². The van der Waals surface area contributed by atoms with Gasteiger partial charge in [-0.05, 0) is 39.2 Å². The molecule has 1 aromatic rings. The average Bonchev–Trinajstić information content (AvgIpc) is 2.97. The van der Waals surface area contributed by atoms with Crippen molar-refractivity contribution in [2.24, 2.45) is 0 Å². The van der Waals surface area contributed by atoms with Crippen LogP contribution in [0.2, 0.25) is 0 Å². The first kappa shape index (κ1) is 15.0. The molecule has 2 aliphatic rings. The van der Waals surface area contributed by atoms with Crippen LogP contribution in [0.25, 0.3) is 0 Å². The number of hydrogen-bond acceptors (Lipinski definition) is 3. The van der Waals surface area contributed by atoms with Crippen molar-refractivity contribution >= 4 is 0 Å². The van der Waals surface area contributed by atoms with Crippen molar-refractivity contribution in [3.8, 4) is 0 Å². The first-order valence-electron chi connectivity index (χ1n) is 8.17. The van der Waals surface area contributed by atoms with E-state index in [2.05, 4.69) is 61.3 Å². The molecule has 2 saturated heterocycles. The summed E-state index contributed by atoms with van der Waals surface area (Å²) >= 11 is 0. The van der Waals surface area contributed by atoms with E-state index in [0.29, 0.717) is 6.10 Å². The highest BCUT2D eigenvalue weighted by atomic mass is 16.5. The summed E-state index contributed by atoms with van der Waals surface area (Å²) < 4.78 is 5.89. The number of piperazine rings is 1. The minimum absolute atomic E-state index is 0.0444.